The number of H-pyrrole nitrogens is 1. The molecule has 0 aliphatic heterocycles. The van der Waals surface area contributed by atoms with Crippen molar-refractivity contribution in [1.29, 1.82) is 0 Å². The Hall–Kier alpha value is -3.41. The minimum atomic E-state index is -0.233. The van der Waals surface area contributed by atoms with Crippen molar-refractivity contribution in [2.24, 2.45) is 11.0 Å². The van der Waals surface area contributed by atoms with Crippen LogP contribution in [0.3, 0.4) is 0 Å². The molecule has 0 bridgehead atoms. The molecule has 0 aliphatic carbocycles. The summed E-state index contributed by atoms with van der Waals surface area (Å²) in [6, 6.07) is 15.9. The number of nitrogens with zero attached hydrogens (tertiary/aromatic N) is 3. The number of para-hydroxylation sites is 3. The van der Waals surface area contributed by atoms with Gasteiger partial charge in [0.15, 0.2) is 0 Å². The Bertz CT molecular complexity index is 1140. The largest absolute Gasteiger partial charge is 0.358 e. The lowest BCUT2D eigenvalue weighted by Gasteiger charge is -2.11. The highest BCUT2D eigenvalue weighted by Crippen LogP contribution is 2.20. The molecule has 2 aromatic heterocycles. The molecule has 0 radical (unpaired) electrons. The number of carbonyl (C=O) groups excluding carboxylic acids is 1. The highest BCUT2D eigenvalue weighted by molar-refractivity contribution is 6.00. The standard InChI is InChI=1S/C21H21N5O/c1-14(12-26-13-22-19-9-5-6-10-20(19)26)21(27)25-23-11-17-15(2)24-18-8-4-3-7-16(17)18/h3-11,13-14,24H,12H2,1-2H3,(H,25,27)/b23-11+/t14-/m0/s1. The first-order chi connectivity index (χ1) is 13.1. The lowest BCUT2D eigenvalue weighted by atomic mass is 10.1. The number of hydrogen-bond donors (Lipinski definition) is 2. The topological polar surface area (TPSA) is 75.1 Å². The van der Waals surface area contributed by atoms with Crippen LogP contribution in [0.1, 0.15) is 18.2 Å². The number of amides is 1. The number of nitrogens with one attached hydrogen (secondary N) is 2. The zero-order valence-corrected chi connectivity index (χ0v) is 15.3. The van der Waals surface area contributed by atoms with E-state index in [0.29, 0.717) is 6.54 Å². The van der Waals surface area contributed by atoms with Crippen LogP contribution in [0.15, 0.2) is 60.0 Å². The average molecular weight is 359 g/mol. The van der Waals surface area contributed by atoms with Gasteiger partial charge in [-0.05, 0) is 25.1 Å². The van der Waals surface area contributed by atoms with Gasteiger partial charge in [0, 0.05) is 28.7 Å². The van der Waals surface area contributed by atoms with Crippen molar-refractivity contribution in [3.05, 3.63) is 66.1 Å². The van der Waals surface area contributed by atoms with E-state index in [-0.39, 0.29) is 11.8 Å². The van der Waals surface area contributed by atoms with E-state index in [2.05, 4.69) is 20.5 Å². The van der Waals surface area contributed by atoms with Gasteiger partial charge >= 0.3 is 0 Å². The second kappa shape index (κ2) is 7.07. The van der Waals surface area contributed by atoms with Crippen LogP contribution in [0.2, 0.25) is 0 Å². The third-order valence-corrected chi connectivity index (χ3v) is 4.76. The zero-order valence-electron chi connectivity index (χ0n) is 15.3. The van der Waals surface area contributed by atoms with Gasteiger partial charge in [-0.15, -0.1) is 0 Å². The first-order valence-corrected chi connectivity index (χ1v) is 8.93. The van der Waals surface area contributed by atoms with Gasteiger partial charge in [-0.1, -0.05) is 37.3 Å². The fourth-order valence-corrected chi connectivity index (χ4v) is 3.27. The summed E-state index contributed by atoms with van der Waals surface area (Å²) < 4.78 is 1.99. The van der Waals surface area contributed by atoms with Gasteiger partial charge < -0.3 is 9.55 Å². The van der Waals surface area contributed by atoms with E-state index in [0.717, 1.165) is 33.2 Å². The number of hydrazone groups is 1. The van der Waals surface area contributed by atoms with E-state index < -0.39 is 0 Å². The molecule has 136 valence electrons. The summed E-state index contributed by atoms with van der Waals surface area (Å²) in [5.41, 5.74) is 7.67. The van der Waals surface area contributed by atoms with Crippen LogP contribution in [0.5, 0.6) is 0 Å². The Labute approximate surface area is 156 Å². The van der Waals surface area contributed by atoms with E-state index >= 15 is 0 Å². The maximum Gasteiger partial charge on any atom is 0.244 e. The molecule has 2 N–H and O–H groups in total. The van der Waals surface area contributed by atoms with Crippen LogP contribution >= 0.6 is 0 Å². The lowest BCUT2D eigenvalue weighted by molar-refractivity contribution is -0.124. The molecule has 1 amide bonds. The Morgan fingerprint density at radius 2 is 2.04 bits per heavy atom. The maximum absolute atomic E-state index is 12.4. The highest BCUT2D eigenvalue weighted by Gasteiger charge is 2.14. The summed E-state index contributed by atoms with van der Waals surface area (Å²) >= 11 is 0. The van der Waals surface area contributed by atoms with Crippen molar-refractivity contribution in [3.8, 4) is 0 Å². The molecule has 0 saturated heterocycles. The Kier molecular flexibility index (Phi) is 4.46. The van der Waals surface area contributed by atoms with Crippen LogP contribution < -0.4 is 5.43 Å². The van der Waals surface area contributed by atoms with Crippen molar-refractivity contribution < 1.29 is 4.79 Å². The first kappa shape index (κ1) is 17.0. The Morgan fingerprint density at radius 1 is 1.26 bits per heavy atom. The van der Waals surface area contributed by atoms with Gasteiger partial charge in [-0.2, -0.15) is 5.10 Å². The molecule has 6 heteroatoms. The average Bonchev–Trinajstić information content (AvgIpc) is 3.22. The number of hydrogen-bond acceptors (Lipinski definition) is 3. The van der Waals surface area contributed by atoms with Crippen molar-refractivity contribution >= 4 is 34.1 Å². The number of carbonyl (C=O) groups is 1. The first-order valence-electron chi connectivity index (χ1n) is 8.93. The third-order valence-electron chi connectivity index (χ3n) is 4.76. The molecular formula is C21H21N5O. The molecule has 2 heterocycles. The minimum Gasteiger partial charge on any atom is -0.358 e. The maximum atomic E-state index is 12.4. The molecule has 6 nitrogen and oxygen atoms in total. The molecular weight excluding hydrogens is 338 g/mol. The number of fused-ring (bicyclic) bond motifs is 2. The van der Waals surface area contributed by atoms with Crippen LogP contribution in [0.4, 0.5) is 0 Å². The number of rotatable bonds is 5. The number of aromatic amines is 1. The van der Waals surface area contributed by atoms with Gasteiger partial charge in [0.1, 0.15) is 0 Å². The zero-order chi connectivity index (χ0) is 18.8. The van der Waals surface area contributed by atoms with E-state index in [1.54, 1.807) is 12.5 Å². The third kappa shape index (κ3) is 3.33. The minimum absolute atomic E-state index is 0.124. The van der Waals surface area contributed by atoms with E-state index in [1.165, 1.54) is 0 Å². The SMILES string of the molecule is Cc1[nH]c2ccccc2c1/C=N/NC(=O)[C@@H](C)Cn1cnc2ccccc21. The lowest BCUT2D eigenvalue weighted by Crippen LogP contribution is -2.28. The molecule has 1 atom stereocenters. The molecule has 0 fully saturated rings. The number of benzene rings is 2. The van der Waals surface area contributed by atoms with Crippen LogP contribution in [-0.4, -0.2) is 26.7 Å². The molecule has 0 saturated carbocycles. The van der Waals surface area contributed by atoms with Gasteiger partial charge in [0.05, 0.1) is 29.5 Å². The van der Waals surface area contributed by atoms with E-state index in [4.69, 9.17) is 0 Å². The normalized spacial score (nSPS) is 12.8. The number of imidazole rings is 1. The van der Waals surface area contributed by atoms with Gasteiger partial charge in [-0.25, -0.2) is 10.4 Å². The van der Waals surface area contributed by atoms with Gasteiger partial charge in [0.2, 0.25) is 5.91 Å². The predicted octanol–water partition coefficient (Wildman–Crippen LogP) is 3.61. The number of aryl methyl sites for hydroxylation is 1. The summed E-state index contributed by atoms with van der Waals surface area (Å²) in [5.74, 6) is -0.356. The predicted molar refractivity (Wildman–Crippen MR) is 108 cm³/mol. The molecule has 4 rings (SSSR count). The quantitative estimate of drug-likeness (QED) is 0.422. The van der Waals surface area contributed by atoms with Gasteiger partial charge in [-0.3, -0.25) is 4.79 Å². The summed E-state index contributed by atoms with van der Waals surface area (Å²) in [6.45, 7) is 4.43. The fourth-order valence-electron chi connectivity index (χ4n) is 3.27. The van der Waals surface area contributed by atoms with E-state index in [9.17, 15) is 4.79 Å². The molecule has 0 spiro atoms. The Balaban J connectivity index is 1.44. The molecule has 4 aromatic rings. The Morgan fingerprint density at radius 3 is 2.93 bits per heavy atom. The second-order valence-electron chi connectivity index (χ2n) is 6.73. The van der Waals surface area contributed by atoms with Crippen molar-refractivity contribution in [2.75, 3.05) is 0 Å². The molecule has 0 unspecified atom stereocenters. The molecule has 27 heavy (non-hydrogen) atoms. The molecule has 2 aromatic carbocycles. The monoisotopic (exact) mass is 359 g/mol. The highest BCUT2D eigenvalue weighted by atomic mass is 16.2. The summed E-state index contributed by atoms with van der Waals surface area (Å²) in [5, 5.41) is 5.26. The van der Waals surface area contributed by atoms with Crippen molar-refractivity contribution in [1.82, 2.24) is 20.0 Å². The second-order valence-corrected chi connectivity index (χ2v) is 6.73. The van der Waals surface area contributed by atoms with Crippen LogP contribution in [0, 0.1) is 12.8 Å². The summed E-state index contributed by atoms with van der Waals surface area (Å²) in [7, 11) is 0. The number of aromatic nitrogens is 3. The van der Waals surface area contributed by atoms with Crippen LogP contribution in [0.25, 0.3) is 21.9 Å². The smallest absolute Gasteiger partial charge is 0.244 e. The fraction of sp³-hybridized carbons (Fsp3) is 0.190. The molecule has 0 aliphatic rings. The van der Waals surface area contributed by atoms with Crippen molar-refractivity contribution in [2.45, 2.75) is 20.4 Å². The summed E-state index contributed by atoms with van der Waals surface area (Å²) in [4.78, 5) is 20.1. The van der Waals surface area contributed by atoms with Crippen LogP contribution in [-0.2, 0) is 11.3 Å². The van der Waals surface area contributed by atoms with Gasteiger partial charge in [0.25, 0.3) is 0 Å². The van der Waals surface area contributed by atoms with Crippen molar-refractivity contribution in [3.63, 3.8) is 0 Å². The van der Waals surface area contributed by atoms with E-state index in [1.807, 2.05) is 66.9 Å². The summed E-state index contributed by atoms with van der Waals surface area (Å²) in [6.07, 6.45) is 3.47.